The number of nitrogens with one attached hydrogen (secondary N) is 3. The van der Waals surface area contributed by atoms with E-state index in [0.717, 1.165) is 24.9 Å². The number of aromatic nitrogens is 1. The van der Waals surface area contributed by atoms with Gasteiger partial charge in [-0.15, -0.1) is 0 Å². The highest BCUT2D eigenvalue weighted by molar-refractivity contribution is 5.94. The third-order valence-corrected chi connectivity index (χ3v) is 9.36. The van der Waals surface area contributed by atoms with Crippen LogP contribution in [0.25, 0.3) is 0 Å². The van der Waals surface area contributed by atoms with Crippen LogP contribution in [0.15, 0.2) is 48.1 Å². The van der Waals surface area contributed by atoms with Crippen LogP contribution in [-0.2, 0) is 20.1 Å². The lowest BCUT2D eigenvalue weighted by Gasteiger charge is -2.47. The van der Waals surface area contributed by atoms with Gasteiger partial charge in [0.05, 0.1) is 5.70 Å². The van der Waals surface area contributed by atoms with E-state index in [1.807, 2.05) is 37.0 Å². The molecule has 3 atom stereocenters. The summed E-state index contributed by atoms with van der Waals surface area (Å²) < 4.78 is 48.9. The van der Waals surface area contributed by atoms with Crippen molar-refractivity contribution in [1.29, 1.82) is 0 Å². The molecule has 4 heterocycles. The van der Waals surface area contributed by atoms with E-state index in [4.69, 9.17) is 4.74 Å². The van der Waals surface area contributed by atoms with Crippen molar-refractivity contribution in [3.05, 3.63) is 53.6 Å². The van der Waals surface area contributed by atoms with Gasteiger partial charge in [0.1, 0.15) is 11.1 Å². The molecule has 0 aromatic carbocycles. The minimum atomic E-state index is -4.58. The number of alkyl halides is 3. The van der Waals surface area contributed by atoms with Crippen molar-refractivity contribution in [3.8, 4) is 0 Å². The summed E-state index contributed by atoms with van der Waals surface area (Å²) in [7, 11) is 0. The smallest absolute Gasteiger partial charge is 0.363 e. The Balaban J connectivity index is 1.44. The van der Waals surface area contributed by atoms with Gasteiger partial charge in [0, 0.05) is 62.8 Å². The molecule has 1 aromatic rings. The van der Waals surface area contributed by atoms with E-state index in [-0.39, 0.29) is 43.9 Å². The van der Waals surface area contributed by atoms with Crippen LogP contribution in [0.3, 0.4) is 0 Å². The molecule has 2 saturated heterocycles. The number of allylic oxidation sites excluding steroid dienone is 1. The van der Waals surface area contributed by atoms with Crippen LogP contribution in [-0.4, -0.2) is 84.2 Å². The number of halogens is 3. The summed E-state index contributed by atoms with van der Waals surface area (Å²) in [6, 6.07) is 3.60. The fourth-order valence-corrected chi connectivity index (χ4v) is 6.97. The molecular formula is C31H43F3N6O3. The Labute approximate surface area is 251 Å². The van der Waals surface area contributed by atoms with Gasteiger partial charge in [-0.05, 0) is 63.8 Å². The van der Waals surface area contributed by atoms with Crippen molar-refractivity contribution >= 4 is 11.8 Å². The topological polar surface area (TPSA) is 98.8 Å². The van der Waals surface area contributed by atoms with Gasteiger partial charge in [0.2, 0.25) is 5.91 Å². The molecule has 3 N–H and O–H groups in total. The maximum absolute atomic E-state index is 14.2. The molecule has 0 bridgehead atoms. The highest BCUT2D eigenvalue weighted by Gasteiger charge is 2.62. The van der Waals surface area contributed by atoms with Crippen LogP contribution < -0.4 is 16.0 Å². The third-order valence-electron chi connectivity index (χ3n) is 9.36. The normalized spacial score (nSPS) is 27.4. The Bertz CT molecular complexity index is 1210. The van der Waals surface area contributed by atoms with Gasteiger partial charge in [-0.25, -0.2) is 0 Å². The molecule has 0 radical (unpaired) electrons. The van der Waals surface area contributed by atoms with Gasteiger partial charge in [0.15, 0.2) is 5.72 Å². The van der Waals surface area contributed by atoms with Gasteiger partial charge in [-0.3, -0.25) is 14.6 Å². The fraction of sp³-hybridized carbons (Fsp3) is 0.645. The largest absolute Gasteiger partial charge is 0.403 e. The molecule has 9 nitrogen and oxygen atoms in total. The monoisotopic (exact) mass is 604 g/mol. The standard InChI is InChI=1S/C31H43F3N6O3/c1-3-24-21-39(28(42)29(31(32,33)34)12-5-6-13-29)17-18-40(24)25-11-14-30(43-4-2,22-9-7-15-35-19-22)38-26(25)27(41)37-20-23-10-8-16-36-23/h7,9,11,14-15,19,23-24,36,38H,3-6,8,10,12-13,16-18,20-21H2,1-2H3,(H,37,41)/t23-,24+,30?/m0/s1. The number of dihydropyridines is 1. The number of piperazine rings is 1. The number of carbonyl (C=O) groups is 2. The van der Waals surface area contributed by atoms with Crippen molar-refractivity contribution < 1.29 is 27.5 Å². The Morgan fingerprint density at radius 3 is 2.60 bits per heavy atom. The van der Waals surface area contributed by atoms with Gasteiger partial charge >= 0.3 is 6.18 Å². The summed E-state index contributed by atoms with van der Waals surface area (Å²) in [5.74, 6) is -1.10. The average Bonchev–Trinajstić information content (AvgIpc) is 3.73. The summed E-state index contributed by atoms with van der Waals surface area (Å²) in [4.78, 5) is 35.0. The number of ether oxygens (including phenoxy) is 1. The molecule has 1 aromatic heterocycles. The van der Waals surface area contributed by atoms with E-state index >= 15 is 0 Å². The molecule has 1 aliphatic carbocycles. The predicted octanol–water partition coefficient (Wildman–Crippen LogP) is 3.56. The van der Waals surface area contributed by atoms with E-state index in [1.165, 1.54) is 4.90 Å². The Morgan fingerprint density at radius 1 is 1.19 bits per heavy atom. The summed E-state index contributed by atoms with van der Waals surface area (Å²) in [6.45, 7) is 6.17. The van der Waals surface area contributed by atoms with Gasteiger partial charge < -0.3 is 30.5 Å². The Hall–Kier alpha value is -3.12. The van der Waals surface area contributed by atoms with E-state index < -0.39 is 23.2 Å². The number of carbonyl (C=O) groups excluding carboxylic acids is 2. The fourth-order valence-electron chi connectivity index (χ4n) is 6.97. The molecule has 1 unspecified atom stereocenters. The Kier molecular flexibility index (Phi) is 9.36. The van der Waals surface area contributed by atoms with Crippen LogP contribution in [0.5, 0.6) is 0 Å². The number of rotatable bonds is 9. The summed E-state index contributed by atoms with van der Waals surface area (Å²) in [5, 5.41) is 9.85. The van der Waals surface area contributed by atoms with Crippen LogP contribution in [0.4, 0.5) is 13.2 Å². The lowest BCUT2D eigenvalue weighted by atomic mass is 9.83. The van der Waals surface area contributed by atoms with Gasteiger partial charge in [-0.2, -0.15) is 13.2 Å². The zero-order chi connectivity index (χ0) is 30.7. The molecule has 4 aliphatic rings. The van der Waals surface area contributed by atoms with Crippen LogP contribution >= 0.6 is 0 Å². The lowest BCUT2D eigenvalue weighted by Crippen LogP contribution is -2.60. The zero-order valence-corrected chi connectivity index (χ0v) is 25.0. The number of amides is 2. The molecular weight excluding hydrogens is 561 g/mol. The minimum absolute atomic E-state index is 0.143. The van der Waals surface area contributed by atoms with Gasteiger partial charge in [-0.1, -0.05) is 25.8 Å². The molecule has 236 valence electrons. The maximum Gasteiger partial charge on any atom is 0.403 e. The second-order valence-electron chi connectivity index (χ2n) is 11.9. The van der Waals surface area contributed by atoms with Crippen molar-refractivity contribution in [2.24, 2.45) is 5.41 Å². The molecule has 2 amide bonds. The third kappa shape index (κ3) is 6.13. The summed E-state index contributed by atoms with van der Waals surface area (Å²) in [5.41, 5.74) is -1.75. The quantitative estimate of drug-likeness (QED) is 0.397. The summed E-state index contributed by atoms with van der Waals surface area (Å²) in [6.07, 6.45) is 5.61. The average molecular weight is 605 g/mol. The minimum Gasteiger partial charge on any atom is -0.363 e. The first-order valence-electron chi connectivity index (χ1n) is 15.5. The van der Waals surface area contributed by atoms with E-state index in [9.17, 15) is 22.8 Å². The first-order chi connectivity index (χ1) is 20.6. The Morgan fingerprint density at radius 2 is 1.98 bits per heavy atom. The van der Waals surface area contributed by atoms with E-state index in [0.29, 0.717) is 50.4 Å². The summed E-state index contributed by atoms with van der Waals surface area (Å²) >= 11 is 0. The molecule has 12 heteroatoms. The molecule has 1 saturated carbocycles. The second-order valence-corrected chi connectivity index (χ2v) is 11.9. The first-order valence-corrected chi connectivity index (χ1v) is 15.5. The van der Waals surface area contributed by atoms with Crippen molar-refractivity contribution in [1.82, 2.24) is 30.7 Å². The van der Waals surface area contributed by atoms with E-state index in [2.05, 4.69) is 20.9 Å². The van der Waals surface area contributed by atoms with Crippen molar-refractivity contribution in [2.45, 2.75) is 82.8 Å². The first kappa shape index (κ1) is 31.3. The van der Waals surface area contributed by atoms with Crippen molar-refractivity contribution in [3.63, 3.8) is 0 Å². The number of nitrogens with zero attached hydrogens (tertiary/aromatic N) is 3. The lowest BCUT2D eigenvalue weighted by molar-refractivity contribution is -0.226. The van der Waals surface area contributed by atoms with Crippen LogP contribution in [0.2, 0.25) is 0 Å². The number of hydrogen-bond acceptors (Lipinski definition) is 7. The maximum atomic E-state index is 14.2. The van der Waals surface area contributed by atoms with Crippen LogP contribution in [0, 0.1) is 5.41 Å². The zero-order valence-electron chi connectivity index (χ0n) is 25.0. The molecule has 0 spiro atoms. The van der Waals surface area contributed by atoms with E-state index in [1.54, 1.807) is 18.5 Å². The molecule has 3 fully saturated rings. The van der Waals surface area contributed by atoms with Crippen LogP contribution in [0.1, 0.15) is 64.4 Å². The molecule has 3 aliphatic heterocycles. The SMILES string of the molecule is CCOC1(c2cccnc2)C=CC(N2CCN(C(=O)C3(C(F)(F)F)CCCC3)C[C@H]2CC)=C(C(=O)NC[C@@H]2CCCN2)N1. The number of pyridine rings is 1. The second kappa shape index (κ2) is 12.9. The number of hydrogen-bond donors (Lipinski definition) is 3. The molecule has 43 heavy (non-hydrogen) atoms. The predicted molar refractivity (Wildman–Crippen MR) is 155 cm³/mol. The highest BCUT2D eigenvalue weighted by Crippen LogP contribution is 2.52. The highest BCUT2D eigenvalue weighted by atomic mass is 19.4. The van der Waals surface area contributed by atoms with Crippen molar-refractivity contribution in [2.75, 3.05) is 39.3 Å². The molecule has 5 rings (SSSR count). The van der Waals surface area contributed by atoms with Gasteiger partial charge in [0.25, 0.3) is 5.91 Å².